The van der Waals surface area contributed by atoms with Gasteiger partial charge in [-0.05, 0) is 73.8 Å². The Kier molecular flexibility index (Phi) is 6.98. The van der Waals surface area contributed by atoms with E-state index in [2.05, 4.69) is 26.6 Å². The highest BCUT2D eigenvalue weighted by atomic mass is 79.9. The molecule has 0 spiro atoms. The molecule has 1 rings (SSSR count). The van der Waals surface area contributed by atoms with Crippen LogP contribution in [0.2, 0.25) is 0 Å². The number of nitrogens with two attached hydrogens (primary N) is 1. The number of benzene rings is 1. The van der Waals surface area contributed by atoms with Gasteiger partial charge in [-0.1, -0.05) is 0 Å². The number of hydrogen-bond donors (Lipinski definition) is 3. The number of carbonyl (C=O) groups is 3. The van der Waals surface area contributed by atoms with E-state index in [1.165, 1.54) is 0 Å². The smallest absolute Gasteiger partial charge is 0.408 e. The molecule has 3 amide bonds. The van der Waals surface area contributed by atoms with E-state index >= 15 is 0 Å². The topological polar surface area (TPSA) is 111 Å². The molecule has 0 saturated carbocycles. The van der Waals surface area contributed by atoms with Crippen molar-refractivity contribution in [2.45, 2.75) is 52.7 Å². The fourth-order valence-corrected chi connectivity index (χ4v) is 2.51. The molecule has 0 heterocycles. The molecule has 0 aliphatic carbocycles. The number of primary amides is 1. The SMILES string of the molecule is Cc1cc(Br)c(NC(=O)[C@H](CC(N)=O)NC(=O)OC(C)(C)C)cc1C. The Balaban J connectivity index is 2.92. The quantitative estimate of drug-likeness (QED) is 0.688. The molecule has 0 aliphatic rings. The molecule has 0 unspecified atom stereocenters. The first-order chi connectivity index (χ1) is 11.4. The number of carbonyl (C=O) groups excluding carboxylic acids is 3. The van der Waals surface area contributed by atoms with Crippen molar-refractivity contribution < 1.29 is 19.1 Å². The van der Waals surface area contributed by atoms with E-state index in [-0.39, 0.29) is 6.42 Å². The Bertz CT molecular complexity index is 683. The molecule has 1 atom stereocenters. The molecule has 1 aromatic rings. The number of halogens is 1. The summed E-state index contributed by atoms with van der Waals surface area (Å²) in [5.74, 6) is -1.27. The Hall–Kier alpha value is -2.09. The van der Waals surface area contributed by atoms with E-state index < -0.39 is 29.6 Å². The molecule has 0 fully saturated rings. The number of amides is 3. The van der Waals surface area contributed by atoms with Crippen molar-refractivity contribution in [3.63, 3.8) is 0 Å². The first kappa shape index (κ1) is 21.0. The van der Waals surface area contributed by atoms with Gasteiger partial charge >= 0.3 is 6.09 Å². The second-order valence-corrected chi connectivity index (χ2v) is 7.63. The monoisotopic (exact) mass is 413 g/mol. The molecule has 0 bridgehead atoms. The van der Waals surface area contributed by atoms with Gasteiger partial charge in [0.2, 0.25) is 11.8 Å². The summed E-state index contributed by atoms with van der Waals surface area (Å²) < 4.78 is 5.81. The van der Waals surface area contributed by atoms with Crippen molar-refractivity contribution >= 4 is 39.5 Å². The average Bonchev–Trinajstić information content (AvgIpc) is 2.41. The Morgan fingerprint density at radius 1 is 1.20 bits per heavy atom. The minimum absolute atomic E-state index is 0.340. The summed E-state index contributed by atoms with van der Waals surface area (Å²) in [4.78, 5) is 35.6. The highest BCUT2D eigenvalue weighted by Gasteiger charge is 2.26. The maximum atomic E-state index is 12.5. The first-order valence-electron chi connectivity index (χ1n) is 7.74. The third-order valence-electron chi connectivity index (χ3n) is 3.25. The van der Waals surface area contributed by atoms with E-state index in [1.807, 2.05) is 19.9 Å². The minimum atomic E-state index is -1.14. The van der Waals surface area contributed by atoms with Crippen LogP contribution in [0.1, 0.15) is 38.3 Å². The lowest BCUT2D eigenvalue weighted by Crippen LogP contribution is -2.47. The molecule has 8 heteroatoms. The molecule has 0 radical (unpaired) electrons. The van der Waals surface area contributed by atoms with E-state index in [0.717, 1.165) is 11.1 Å². The third kappa shape index (κ3) is 7.13. The zero-order valence-corrected chi connectivity index (χ0v) is 16.6. The molecule has 7 nitrogen and oxygen atoms in total. The normalized spacial score (nSPS) is 12.2. The maximum Gasteiger partial charge on any atom is 0.408 e. The van der Waals surface area contributed by atoms with Crippen molar-refractivity contribution in [3.05, 3.63) is 27.7 Å². The Morgan fingerprint density at radius 3 is 2.28 bits per heavy atom. The number of hydrogen-bond acceptors (Lipinski definition) is 4. The highest BCUT2D eigenvalue weighted by molar-refractivity contribution is 9.10. The fraction of sp³-hybridized carbons (Fsp3) is 0.471. The summed E-state index contributed by atoms with van der Waals surface area (Å²) in [7, 11) is 0. The summed E-state index contributed by atoms with van der Waals surface area (Å²) in [5, 5.41) is 5.07. The average molecular weight is 414 g/mol. The van der Waals surface area contributed by atoms with Crippen LogP contribution in [0.4, 0.5) is 10.5 Å². The van der Waals surface area contributed by atoms with E-state index in [4.69, 9.17) is 10.5 Å². The zero-order valence-electron chi connectivity index (χ0n) is 15.0. The van der Waals surface area contributed by atoms with Gasteiger partial charge in [0.25, 0.3) is 0 Å². The Labute approximate surface area is 155 Å². The molecule has 0 aromatic heterocycles. The zero-order chi connectivity index (χ0) is 19.4. The van der Waals surface area contributed by atoms with Crippen LogP contribution in [0, 0.1) is 13.8 Å². The second kappa shape index (κ2) is 8.33. The number of alkyl carbamates (subject to hydrolysis) is 1. The van der Waals surface area contributed by atoms with Crippen LogP contribution in [-0.2, 0) is 14.3 Å². The molecule has 138 valence electrons. The van der Waals surface area contributed by atoms with Gasteiger partial charge in [-0.15, -0.1) is 0 Å². The standard InChI is InChI=1S/C17H24BrN3O4/c1-9-6-11(18)12(7-10(9)2)20-15(23)13(8-14(19)22)21-16(24)25-17(3,4)5/h6-7,13H,8H2,1-5H3,(H2,19,22)(H,20,23)(H,21,24)/t13-/m0/s1. The van der Waals surface area contributed by atoms with Gasteiger partial charge in [0.15, 0.2) is 0 Å². The summed E-state index contributed by atoms with van der Waals surface area (Å²) in [6, 6.07) is 2.53. The van der Waals surface area contributed by atoms with Gasteiger partial charge in [0.05, 0.1) is 12.1 Å². The number of anilines is 1. The molecule has 4 N–H and O–H groups in total. The van der Waals surface area contributed by atoms with Crippen LogP contribution in [0.3, 0.4) is 0 Å². The van der Waals surface area contributed by atoms with Crippen LogP contribution in [0.15, 0.2) is 16.6 Å². The van der Waals surface area contributed by atoms with Crippen molar-refractivity contribution in [2.24, 2.45) is 5.73 Å². The van der Waals surface area contributed by atoms with Crippen LogP contribution in [-0.4, -0.2) is 29.6 Å². The van der Waals surface area contributed by atoms with E-state index in [1.54, 1.807) is 26.8 Å². The van der Waals surface area contributed by atoms with Gasteiger partial charge in [0.1, 0.15) is 11.6 Å². The third-order valence-corrected chi connectivity index (χ3v) is 3.91. The lowest BCUT2D eigenvalue weighted by Gasteiger charge is -2.23. The second-order valence-electron chi connectivity index (χ2n) is 6.77. The number of ether oxygens (including phenoxy) is 1. The van der Waals surface area contributed by atoms with E-state index in [0.29, 0.717) is 10.2 Å². The Morgan fingerprint density at radius 2 is 1.76 bits per heavy atom. The van der Waals surface area contributed by atoms with Gasteiger partial charge in [0, 0.05) is 4.47 Å². The van der Waals surface area contributed by atoms with Gasteiger partial charge in [-0.2, -0.15) is 0 Å². The summed E-state index contributed by atoms with van der Waals surface area (Å²) in [5.41, 5.74) is 7.04. The van der Waals surface area contributed by atoms with Crippen molar-refractivity contribution in [1.82, 2.24) is 5.32 Å². The molecule has 1 aromatic carbocycles. The molecular formula is C17H24BrN3O4. The lowest BCUT2D eigenvalue weighted by molar-refractivity contribution is -0.124. The van der Waals surface area contributed by atoms with Gasteiger partial charge in [-0.25, -0.2) is 4.79 Å². The lowest BCUT2D eigenvalue weighted by atomic mass is 10.1. The summed E-state index contributed by atoms with van der Waals surface area (Å²) >= 11 is 3.38. The minimum Gasteiger partial charge on any atom is -0.444 e. The number of nitrogens with one attached hydrogen (secondary N) is 2. The van der Waals surface area contributed by atoms with Gasteiger partial charge in [-0.3, -0.25) is 9.59 Å². The highest BCUT2D eigenvalue weighted by Crippen LogP contribution is 2.26. The number of rotatable bonds is 5. The van der Waals surface area contributed by atoms with Gasteiger partial charge < -0.3 is 21.1 Å². The predicted octanol–water partition coefficient (Wildman–Crippen LogP) is 2.77. The van der Waals surface area contributed by atoms with Crippen molar-refractivity contribution in [3.8, 4) is 0 Å². The number of aryl methyl sites for hydroxylation is 2. The van der Waals surface area contributed by atoms with Crippen LogP contribution in [0.5, 0.6) is 0 Å². The van der Waals surface area contributed by atoms with Crippen LogP contribution in [0.25, 0.3) is 0 Å². The molecule has 25 heavy (non-hydrogen) atoms. The summed E-state index contributed by atoms with van der Waals surface area (Å²) in [6.07, 6.45) is -1.14. The van der Waals surface area contributed by atoms with Crippen molar-refractivity contribution in [1.29, 1.82) is 0 Å². The largest absolute Gasteiger partial charge is 0.444 e. The van der Waals surface area contributed by atoms with Crippen molar-refractivity contribution in [2.75, 3.05) is 5.32 Å². The molecule has 0 saturated heterocycles. The van der Waals surface area contributed by atoms with E-state index in [9.17, 15) is 14.4 Å². The molecular weight excluding hydrogens is 390 g/mol. The van der Waals surface area contributed by atoms with Crippen LogP contribution < -0.4 is 16.4 Å². The fourth-order valence-electron chi connectivity index (χ4n) is 1.96. The van der Waals surface area contributed by atoms with Crippen LogP contribution >= 0.6 is 15.9 Å². The maximum absolute atomic E-state index is 12.5. The first-order valence-corrected chi connectivity index (χ1v) is 8.54. The summed E-state index contributed by atoms with van der Waals surface area (Å²) in [6.45, 7) is 8.95. The molecule has 0 aliphatic heterocycles. The predicted molar refractivity (Wildman–Crippen MR) is 99.2 cm³/mol.